The van der Waals surface area contributed by atoms with E-state index in [1.807, 2.05) is 36.4 Å². The van der Waals surface area contributed by atoms with Crippen LogP contribution in [-0.2, 0) is 0 Å². The Balaban J connectivity index is 2.34. The average Bonchev–Trinajstić information content (AvgIpc) is 2.32. The summed E-state index contributed by atoms with van der Waals surface area (Å²) in [6.45, 7) is 1.77. The fourth-order valence-corrected chi connectivity index (χ4v) is 2.96. The molecule has 17 heavy (non-hydrogen) atoms. The van der Waals surface area contributed by atoms with Crippen LogP contribution < -0.4 is 0 Å². The van der Waals surface area contributed by atoms with E-state index in [-0.39, 0.29) is 0 Å². The van der Waals surface area contributed by atoms with Gasteiger partial charge in [-0.2, -0.15) is 0 Å². The Morgan fingerprint density at radius 2 is 2.00 bits per heavy atom. The third-order valence-corrected chi connectivity index (χ3v) is 4.31. The lowest BCUT2D eigenvalue weighted by Gasteiger charge is -2.11. The van der Waals surface area contributed by atoms with E-state index in [0.717, 1.165) is 20.0 Å². The van der Waals surface area contributed by atoms with Crippen LogP contribution in [-0.4, -0.2) is 10.1 Å². The molecule has 0 saturated carbocycles. The first-order valence-electron chi connectivity index (χ1n) is 5.24. The molecule has 4 heteroatoms. The Hall–Kier alpha value is -0.840. The number of hydrogen-bond acceptors (Lipinski definition) is 3. The molecular weight excluding hydrogens is 298 g/mol. The standard InChI is InChI=1S/C13H12BrNOS/c1-9(16)10-5-2-3-7-12(10)17-13-11(14)6-4-8-15-13/h2-9,16H,1H3/t9-/m0/s1. The molecule has 0 bridgehead atoms. The zero-order chi connectivity index (χ0) is 12.3. The van der Waals surface area contributed by atoms with Gasteiger partial charge in [-0.3, -0.25) is 0 Å². The van der Waals surface area contributed by atoms with Crippen molar-refractivity contribution in [2.24, 2.45) is 0 Å². The van der Waals surface area contributed by atoms with E-state index in [1.165, 1.54) is 0 Å². The van der Waals surface area contributed by atoms with Crippen molar-refractivity contribution < 1.29 is 5.11 Å². The molecule has 0 radical (unpaired) electrons. The molecule has 0 aliphatic carbocycles. The second kappa shape index (κ2) is 5.67. The van der Waals surface area contributed by atoms with Gasteiger partial charge in [0.2, 0.25) is 0 Å². The van der Waals surface area contributed by atoms with E-state index in [2.05, 4.69) is 20.9 Å². The smallest absolute Gasteiger partial charge is 0.115 e. The van der Waals surface area contributed by atoms with Gasteiger partial charge >= 0.3 is 0 Å². The monoisotopic (exact) mass is 309 g/mol. The Morgan fingerprint density at radius 3 is 2.71 bits per heavy atom. The lowest BCUT2D eigenvalue weighted by atomic mass is 10.1. The largest absolute Gasteiger partial charge is 0.389 e. The van der Waals surface area contributed by atoms with Crippen molar-refractivity contribution in [1.29, 1.82) is 0 Å². The van der Waals surface area contributed by atoms with Crippen LogP contribution in [0.3, 0.4) is 0 Å². The van der Waals surface area contributed by atoms with Crippen molar-refractivity contribution in [3.05, 3.63) is 52.6 Å². The fourth-order valence-electron chi connectivity index (χ4n) is 1.47. The molecule has 0 spiro atoms. The molecule has 1 atom stereocenters. The van der Waals surface area contributed by atoms with Gasteiger partial charge in [0.1, 0.15) is 5.03 Å². The second-order valence-corrected chi connectivity index (χ2v) is 5.49. The van der Waals surface area contributed by atoms with Crippen LogP contribution in [0.15, 0.2) is 57.0 Å². The third-order valence-electron chi connectivity index (χ3n) is 2.30. The Morgan fingerprint density at radius 1 is 1.24 bits per heavy atom. The first-order chi connectivity index (χ1) is 8.18. The first-order valence-corrected chi connectivity index (χ1v) is 6.85. The van der Waals surface area contributed by atoms with Crippen LogP contribution >= 0.6 is 27.7 Å². The Kier molecular flexibility index (Phi) is 4.20. The highest BCUT2D eigenvalue weighted by Gasteiger charge is 2.10. The second-order valence-electron chi connectivity index (χ2n) is 3.61. The van der Waals surface area contributed by atoms with E-state index < -0.39 is 6.10 Å². The topological polar surface area (TPSA) is 33.1 Å². The van der Waals surface area contributed by atoms with Crippen molar-refractivity contribution >= 4 is 27.7 Å². The molecule has 0 saturated heterocycles. The van der Waals surface area contributed by atoms with Gasteiger partial charge < -0.3 is 5.11 Å². The summed E-state index contributed by atoms with van der Waals surface area (Å²) in [6.07, 6.45) is 1.29. The van der Waals surface area contributed by atoms with Crippen LogP contribution in [0.4, 0.5) is 0 Å². The summed E-state index contributed by atoms with van der Waals surface area (Å²) < 4.78 is 0.963. The maximum absolute atomic E-state index is 9.71. The number of aromatic nitrogens is 1. The van der Waals surface area contributed by atoms with Gasteiger partial charge in [-0.05, 0) is 46.6 Å². The molecule has 0 aliphatic rings. The normalized spacial score (nSPS) is 12.4. The lowest BCUT2D eigenvalue weighted by molar-refractivity contribution is 0.196. The van der Waals surface area contributed by atoms with Gasteiger partial charge in [-0.15, -0.1) is 0 Å². The minimum Gasteiger partial charge on any atom is -0.389 e. The molecule has 2 nitrogen and oxygen atoms in total. The quantitative estimate of drug-likeness (QED) is 0.928. The zero-order valence-electron chi connectivity index (χ0n) is 9.30. The maximum Gasteiger partial charge on any atom is 0.115 e. The van der Waals surface area contributed by atoms with E-state index in [9.17, 15) is 5.11 Å². The molecule has 1 N–H and O–H groups in total. The van der Waals surface area contributed by atoms with Crippen LogP contribution in [0.1, 0.15) is 18.6 Å². The summed E-state index contributed by atoms with van der Waals surface area (Å²) in [5.41, 5.74) is 0.926. The maximum atomic E-state index is 9.71. The number of nitrogens with zero attached hydrogens (tertiary/aromatic N) is 1. The van der Waals surface area contributed by atoms with Crippen LogP contribution in [0.5, 0.6) is 0 Å². The molecule has 0 aliphatic heterocycles. The minimum absolute atomic E-state index is 0.471. The van der Waals surface area contributed by atoms with Crippen molar-refractivity contribution in [3.63, 3.8) is 0 Å². The predicted octanol–water partition coefficient (Wildman–Crippen LogP) is 4.05. The first kappa shape index (κ1) is 12.6. The van der Waals surface area contributed by atoms with E-state index in [1.54, 1.807) is 24.9 Å². The van der Waals surface area contributed by atoms with E-state index in [4.69, 9.17) is 0 Å². The van der Waals surface area contributed by atoms with Crippen molar-refractivity contribution in [3.8, 4) is 0 Å². The number of aliphatic hydroxyl groups is 1. The van der Waals surface area contributed by atoms with Crippen molar-refractivity contribution in [1.82, 2.24) is 4.98 Å². The zero-order valence-corrected chi connectivity index (χ0v) is 11.7. The summed E-state index contributed by atoms with van der Waals surface area (Å²) in [5, 5.41) is 10.6. The van der Waals surface area contributed by atoms with Gasteiger partial charge in [0.25, 0.3) is 0 Å². The van der Waals surface area contributed by atoms with Gasteiger partial charge in [-0.25, -0.2) is 4.98 Å². The number of hydrogen-bond donors (Lipinski definition) is 1. The fraction of sp³-hybridized carbons (Fsp3) is 0.154. The van der Waals surface area contributed by atoms with Crippen LogP contribution in [0, 0.1) is 0 Å². The minimum atomic E-state index is -0.471. The van der Waals surface area contributed by atoms with Gasteiger partial charge in [0, 0.05) is 11.1 Å². The molecule has 88 valence electrons. The Bertz CT molecular complexity index is 516. The number of benzene rings is 1. The average molecular weight is 310 g/mol. The highest BCUT2D eigenvalue weighted by atomic mass is 79.9. The van der Waals surface area contributed by atoms with Gasteiger partial charge in [-0.1, -0.05) is 30.0 Å². The third kappa shape index (κ3) is 3.09. The molecule has 1 aromatic carbocycles. The van der Waals surface area contributed by atoms with Gasteiger partial charge in [0.15, 0.2) is 0 Å². The Labute approximate surface area is 113 Å². The predicted molar refractivity (Wildman–Crippen MR) is 73.1 cm³/mol. The molecule has 0 amide bonds. The molecule has 1 heterocycles. The van der Waals surface area contributed by atoms with Gasteiger partial charge in [0.05, 0.1) is 10.6 Å². The van der Waals surface area contributed by atoms with E-state index in [0.29, 0.717) is 0 Å². The summed E-state index contributed by atoms with van der Waals surface area (Å²) >= 11 is 5.02. The molecule has 1 aromatic heterocycles. The molecule has 2 aromatic rings. The summed E-state index contributed by atoms with van der Waals surface area (Å²) in [7, 11) is 0. The number of halogens is 1. The number of pyridine rings is 1. The summed E-state index contributed by atoms with van der Waals surface area (Å²) in [5.74, 6) is 0. The molecular formula is C13H12BrNOS. The number of rotatable bonds is 3. The molecule has 0 unspecified atom stereocenters. The van der Waals surface area contributed by atoms with Crippen LogP contribution in [0.2, 0.25) is 0 Å². The highest BCUT2D eigenvalue weighted by molar-refractivity contribution is 9.10. The lowest BCUT2D eigenvalue weighted by Crippen LogP contribution is -1.93. The summed E-state index contributed by atoms with van der Waals surface area (Å²) in [4.78, 5) is 5.34. The molecule has 2 rings (SSSR count). The molecule has 0 fully saturated rings. The van der Waals surface area contributed by atoms with Crippen LogP contribution in [0.25, 0.3) is 0 Å². The van der Waals surface area contributed by atoms with Crippen molar-refractivity contribution in [2.75, 3.05) is 0 Å². The summed E-state index contributed by atoms with van der Waals surface area (Å²) in [6, 6.07) is 11.7. The highest BCUT2D eigenvalue weighted by Crippen LogP contribution is 2.35. The van der Waals surface area contributed by atoms with Crippen molar-refractivity contribution in [2.45, 2.75) is 22.9 Å². The SMILES string of the molecule is C[C@H](O)c1ccccc1Sc1ncccc1Br. The van der Waals surface area contributed by atoms with E-state index >= 15 is 0 Å². The number of aliphatic hydroxyl groups excluding tert-OH is 1.